The molecule has 0 aromatic heterocycles. The van der Waals surface area contributed by atoms with Crippen LogP contribution < -0.4 is 4.74 Å². The first-order chi connectivity index (χ1) is 17.9. The number of carbonyl (C=O) groups is 2. The SMILES string of the molecule is CCN(CC)CCN1C(=O)C(=O)C(=C(O)c2ccc(OCC(C)C)cc2C)C1c1ccc(C(C)(C)C)cc1. The van der Waals surface area contributed by atoms with E-state index in [-0.39, 0.29) is 16.7 Å². The Morgan fingerprint density at radius 2 is 1.68 bits per heavy atom. The summed E-state index contributed by atoms with van der Waals surface area (Å²) in [4.78, 5) is 30.6. The van der Waals surface area contributed by atoms with E-state index in [4.69, 9.17) is 4.74 Å². The van der Waals surface area contributed by atoms with E-state index in [0.29, 0.717) is 36.9 Å². The average molecular weight is 521 g/mol. The molecule has 206 valence electrons. The highest BCUT2D eigenvalue weighted by molar-refractivity contribution is 6.46. The van der Waals surface area contributed by atoms with Crippen molar-refractivity contribution in [2.75, 3.05) is 32.8 Å². The molecule has 1 saturated heterocycles. The van der Waals surface area contributed by atoms with Crippen LogP contribution in [0.15, 0.2) is 48.0 Å². The maximum absolute atomic E-state index is 13.4. The highest BCUT2D eigenvalue weighted by Gasteiger charge is 2.46. The monoisotopic (exact) mass is 520 g/mol. The van der Waals surface area contributed by atoms with E-state index < -0.39 is 17.7 Å². The third-order valence-corrected chi connectivity index (χ3v) is 7.22. The molecule has 1 aliphatic rings. The number of benzene rings is 2. The summed E-state index contributed by atoms with van der Waals surface area (Å²) >= 11 is 0. The maximum Gasteiger partial charge on any atom is 0.295 e. The molecule has 0 saturated carbocycles. The molecule has 0 aliphatic carbocycles. The number of carbonyl (C=O) groups excluding carboxylic acids is 2. The normalized spacial score (nSPS) is 17.6. The fourth-order valence-electron chi connectivity index (χ4n) is 4.81. The molecule has 2 aromatic rings. The highest BCUT2D eigenvalue weighted by atomic mass is 16.5. The molecule has 1 atom stereocenters. The van der Waals surface area contributed by atoms with Crippen LogP contribution in [0.4, 0.5) is 0 Å². The molecular formula is C32H44N2O4. The Morgan fingerprint density at radius 1 is 1.05 bits per heavy atom. The predicted molar refractivity (Wildman–Crippen MR) is 153 cm³/mol. The van der Waals surface area contributed by atoms with Gasteiger partial charge in [-0.3, -0.25) is 9.59 Å². The van der Waals surface area contributed by atoms with E-state index in [1.54, 1.807) is 17.0 Å². The number of hydrogen-bond donors (Lipinski definition) is 1. The second-order valence-corrected chi connectivity index (χ2v) is 11.6. The summed E-state index contributed by atoms with van der Waals surface area (Å²) in [5.74, 6) is -0.266. The molecule has 3 rings (SSSR count). The minimum atomic E-state index is -0.657. The predicted octanol–water partition coefficient (Wildman–Crippen LogP) is 6.09. The Hall–Kier alpha value is -3.12. The number of nitrogens with zero attached hydrogens (tertiary/aromatic N) is 2. The van der Waals surface area contributed by atoms with Gasteiger partial charge in [0.1, 0.15) is 11.5 Å². The maximum atomic E-state index is 13.4. The summed E-state index contributed by atoms with van der Waals surface area (Å²) in [6, 6.07) is 12.8. The second-order valence-electron chi connectivity index (χ2n) is 11.6. The standard InChI is InChI=1S/C32H44N2O4/c1-9-33(10-2)17-18-34-28(23-11-13-24(14-12-23)32(6,7)8)27(30(36)31(34)37)29(35)26-16-15-25(19-22(26)5)38-20-21(3)4/h11-16,19,21,28,35H,9-10,17-18,20H2,1-8H3. The van der Waals surface area contributed by atoms with Gasteiger partial charge in [0, 0.05) is 18.7 Å². The number of amides is 1. The van der Waals surface area contributed by atoms with E-state index in [2.05, 4.69) is 53.4 Å². The van der Waals surface area contributed by atoms with Crippen LogP contribution in [0, 0.1) is 12.8 Å². The molecular weight excluding hydrogens is 476 g/mol. The quantitative estimate of drug-likeness (QED) is 0.233. The van der Waals surface area contributed by atoms with Crippen molar-refractivity contribution in [3.05, 3.63) is 70.3 Å². The van der Waals surface area contributed by atoms with Crippen molar-refractivity contribution < 1.29 is 19.4 Å². The number of aliphatic hydroxyl groups excluding tert-OH is 1. The van der Waals surface area contributed by atoms with Crippen molar-refractivity contribution in [2.24, 2.45) is 5.92 Å². The lowest BCUT2D eigenvalue weighted by atomic mass is 9.85. The van der Waals surface area contributed by atoms with Gasteiger partial charge in [0.25, 0.3) is 11.7 Å². The minimum absolute atomic E-state index is 0.0282. The zero-order valence-electron chi connectivity index (χ0n) is 24.3. The fraction of sp³-hybridized carbons (Fsp3) is 0.500. The van der Waals surface area contributed by atoms with E-state index in [1.807, 2.05) is 37.3 Å². The number of hydrogen-bond acceptors (Lipinski definition) is 5. The number of likely N-dealkylation sites (N-methyl/N-ethyl adjacent to an activating group) is 1. The van der Waals surface area contributed by atoms with Gasteiger partial charge in [0.05, 0.1) is 18.2 Å². The average Bonchev–Trinajstić information content (AvgIpc) is 3.12. The highest BCUT2D eigenvalue weighted by Crippen LogP contribution is 2.40. The first-order valence-corrected chi connectivity index (χ1v) is 13.7. The smallest absolute Gasteiger partial charge is 0.295 e. The molecule has 6 nitrogen and oxygen atoms in total. The van der Waals surface area contributed by atoms with Crippen LogP contribution in [0.1, 0.15) is 76.8 Å². The van der Waals surface area contributed by atoms with Crippen molar-refractivity contribution in [1.82, 2.24) is 9.80 Å². The van der Waals surface area contributed by atoms with Crippen molar-refractivity contribution in [3.63, 3.8) is 0 Å². The largest absolute Gasteiger partial charge is 0.507 e. The van der Waals surface area contributed by atoms with Gasteiger partial charge in [-0.05, 0) is 66.2 Å². The van der Waals surface area contributed by atoms with Crippen LogP contribution in [0.2, 0.25) is 0 Å². The van der Waals surface area contributed by atoms with Gasteiger partial charge in [-0.15, -0.1) is 0 Å². The molecule has 0 radical (unpaired) electrons. The van der Waals surface area contributed by atoms with Crippen LogP contribution in [0.3, 0.4) is 0 Å². The summed E-state index contributed by atoms with van der Waals surface area (Å²) in [7, 11) is 0. The van der Waals surface area contributed by atoms with Gasteiger partial charge < -0.3 is 19.6 Å². The number of rotatable bonds is 10. The molecule has 0 bridgehead atoms. The first kappa shape index (κ1) is 29.4. The molecule has 1 fully saturated rings. The zero-order valence-corrected chi connectivity index (χ0v) is 24.3. The Bertz CT molecular complexity index is 1170. The number of Topliss-reactive ketones (excluding diaryl/α,β-unsaturated/α-hetero) is 1. The van der Waals surface area contributed by atoms with Crippen molar-refractivity contribution in [2.45, 2.75) is 66.8 Å². The molecule has 38 heavy (non-hydrogen) atoms. The van der Waals surface area contributed by atoms with E-state index in [9.17, 15) is 14.7 Å². The van der Waals surface area contributed by atoms with Crippen molar-refractivity contribution in [1.29, 1.82) is 0 Å². The van der Waals surface area contributed by atoms with Gasteiger partial charge in [-0.1, -0.05) is 72.7 Å². The lowest BCUT2D eigenvalue weighted by Gasteiger charge is -2.29. The Balaban J connectivity index is 2.09. The molecule has 1 N–H and O–H groups in total. The summed E-state index contributed by atoms with van der Waals surface area (Å²) < 4.78 is 5.84. The molecule has 1 heterocycles. The molecule has 6 heteroatoms. The number of aryl methyl sites for hydroxylation is 1. The van der Waals surface area contributed by atoms with Crippen LogP contribution in [0.5, 0.6) is 5.75 Å². The first-order valence-electron chi connectivity index (χ1n) is 13.7. The third kappa shape index (κ3) is 6.47. The second kappa shape index (κ2) is 12.2. The summed E-state index contributed by atoms with van der Waals surface area (Å²) in [5, 5.41) is 11.5. The number of aliphatic hydroxyl groups is 1. The topological polar surface area (TPSA) is 70.1 Å². The molecule has 1 unspecified atom stereocenters. The Morgan fingerprint density at radius 3 is 2.21 bits per heavy atom. The fourth-order valence-corrected chi connectivity index (χ4v) is 4.81. The molecule has 1 aliphatic heterocycles. The van der Waals surface area contributed by atoms with Crippen LogP contribution >= 0.6 is 0 Å². The molecule has 1 amide bonds. The van der Waals surface area contributed by atoms with Gasteiger partial charge >= 0.3 is 0 Å². The number of likely N-dealkylation sites (tertiary alicyclic amines) is 1. The zero-order chi connectivity index (χ0) is 28.2. The van der Waals surface area contributed by atoms with Gasteiger partial charge in [0.15, 0.2) is 0 Å². The number of ketones is 1. The van der Waals surface area contributed by atoms with Gasteiger partial charge in [-0.25, -0.2) is 0 Å². The minimum Gasteiger partial charge on any atom is -0.507 e. The van der Waals surface area contributed by atoms with Gasteiger partial charge in [0.2, 0.25) is 0 Å². The van der Waals surface area contributed by atoms with Crippen molar-refractivity contribution in [3.8, 4) is 5.75 Å². The summed E-state index contributed by atoms with van der Waals surface area (Å²) in [5.41, 5.74) is 3.39. The van der Waals surface area contributed by atoms with Crippen LogP contribution in [-0.4, -0.2) is 59.4 Å². The van der Waals surface area contributed by atoms with Crippen LogP contribution in [-0.2, 0) is 15.0 Å². The summed E-state index contributed by atoms with van der Waals surface area (Å²) in [6.45, 7) is 20.0. The lowest BCUT2D eigenvalue weighted by molar-refractivity contribution is -0.140. The van der Waals surface area contributed by atoms with E-state index in [0.717, 1.165) is 29.8 Å². The van der Waals surface area contributed by atoms with E-state index >= 15 is 0 Å². The third-order valence-electron chi connectivity index (χ3n) is 7.22. The Kier molecular flexibility index (Phi) is 9.42. The number of ether oxygens (including phenoxy) is 1. The van der Waals surface area contributed by atoms with Crippen LogP contribution in [0.25, 0.3) is 5.76 Å². The van der Waals surface area contributed by atoms with E-state index in [1.165, 1.54) is 0 Å². The van der Waals surface area contributed by atoms with Crippen molar-refractivity contribution >= 4 is 17.4 Å². The summed E-state index contributed by atoms with van der Waals surface area (Å²) in [6.07, 6.45) is 0. The van der Waals surface area contributed by atoms with Gasteiger partial charge in [-0.2, -0.15) is 0 Å². The Labute approximate surface area is 228 Å². The molecule has 0 spiro atoms. The molecule has 2 aromatic carbocycles. The lowest BCUT2D eigenvalue weighted by Crippen LogP contribution is -2.38.